The molecule has 1 heterocycles. The number of rotatable bonds is 9. The van der Waals surface area contributed by atoms with E-state index in [1.807, 2.05) is 53.4 Å². The van der Waals surface area contributed by atoms with Crippen LogP contribution in [0.2, 0.25) is 0 Å². The molecule has 3 rings (SSSR count). The van der Waals surface area contributed by atoms with Gasteiger partial charge in [-0.3, -0.25) is 9.59 Å². The number of likely N-dealkylation sites (N-methyl/N-ethyl adjacent to an activating group) is 1. The smallest absolute Gasteiger partial charge is 0.303 e. The predicted octanol–water partition coefficient (Wildman–Crippen LogP) is 3.56. The zero-order chi connectivity index (χ0) is 21.3. The van der Waals surface area contributed by atoms with Crippen molar-refractivity contribution in [2.24, 2.45) is 0 Å². The second-order valence-corrected chi connectivity index (χ2v) is 7.73. The largest absolute Gasteiger partial charge is 0.488 e. The molecule has 2 aromatic rings. The molecule has 6 heteroatoms. The Morgan fingerprint density at radius 3 is 2.53 bits per heavy atom. The van der Waals surface area contributed by atoms with E-state index in [0.29, 0.717) is 31.5 Å². The number of benzene rings is 2. The lowest BCUT2D eigenvalue weighted by Gasteiger charge is -2.33. The first-order valence-electron chi connectivity index (χ1n) is 10.5. The molecule has 0 radical (unpaired) electrons. The lowest BCUT2D eigenvalue weighted by atomic mass is 10.1. The number of aliphatic carboxylic acids is 1. The lowest BCUT2D eigenvalue weighted by Crippen LogP contribution is -2.48. The normalized spacial score (nSPS) is 15.4. The molecule has 0 aromatic heterocycles. The minimum atomic E-state index is -0.785. The molecule has 160 valence electrons. The van der Waals surface area contributed by atoms with E-state index in [4.69, 9.17) is 9.84 Å². The van der Waals surface area contributed by atoms with Gasteiger partial charge in [-0.05, 0) is 37.8 Å². The van der Waals surface area contributed by atoms with Gasteiger partial charge in [0.05, 0.1) is 5.57 Å². The van der Waals surface area contributed by atoms with Gasteiger partial charge in [0.1, 0.15) is 12.4 Å². The van der Waals surface area contributed by atoms with Crippen molar-refractivity contribution in [3.63, 3.8) is 0 Å². The summed E-state index contributed by atoms with van der Waals surface area (Å²) in [5.41, 5.74) is 0.641. The number of piperazine rings is 1. The second-order valence-electron chi connectivity index (χ2n) is 7.73. The second kappa shape index (κ2) is 10.8. The molecule has 1 N–H and O–H groups in total. The number of hydrogen-bond acceptors (Lipinski definition) is 4. The number of nitrogens with zero attached hydrogens (tertiary/aromatic N) is 2. The molecule has 0 aliphatic carbocycles. The van der Waals surface area contributed by atoms with Crippen molar-refractivity contribution in [2.75, 3.05) is 39.8 Å². The number of hydrogen-bond donors (Lipinski definition) is 1. The van der Waals surface area contributed by atoms with E-state index in [-0.39, 0.29) is 18.9 Å². The van der Waals surface area contributed by atoms with E-state index >= 15 is 0 Å². The summed E-state index contributed by atoms with van der Waals surface area (Å²) in [5.74, 6) is -0.00960. The Labute approximate surface area is 177 Å². The van der Waals surface area contributed by atoms with Gasteiger partial charge in [0.15, 0.2) is 0 Å². The summed E-state index contributed by atoms with van der Waals surface area (Å²) in [6, 6.07) is 13.9. The average Bonchev–Trinajstić information content (AvgIpc) is 2.75. The molecule has 1 aliphatic rings. The maximum atomic E-state index is 13.1. The van der Waals surface area contributed by atoms with Crippen molar-refractivity contribution in [3.05, 3.63) is 54.1 Å². The molecular formula is C24H30N2O4. The zero-order valence-electron chi connectivity index (χ0n) is 17.5. The molecular weight excluding hydrogens is 380 g/mol. The summed E-state index contributed by atoms with van der Waals surface area (Å²) < 4.78 is 6.09. The van der Waals surface area contributed by atoms with Crippen LogP contribution < -0.4 is 4.74 Å². The Morgan fingerprint density at radius 1 is 1.03 bits per heavy atom. The van der Waals surface area contributed by atoms with E-state index < -0.39 is 5.97 Å². The highest BCUT2D eigenvalue weighted by Gasteiger charge is 2.22. The van der Waals surface area contributed by atoms with Crippen LogP contribution in [0, 0.1) is 0 Å². The van der Waals surface area contributed by atoms with E-state index in [1.54, 1.807) is 0 Å². The number of ether oxygens (including phenoxy) is 1. The Kier molecular flexibility index (Phi) is 7.85. The predicted molar refractivity (Wildman–Crippen MR) is 118 cm³/mol. The highest BCUT2D eigenvalue weighted by atomic mass is 16.5. The highest BCUT2D eigenvalue weighted by molar-refractivity contribution is 5.94. The van der Waals surface area contributed by atoms with Crippen LogP contribution in [0.3, 0.4) is 0 Å². The van der Waals surface area contributed by atoms with Gasteiger partial charge in [0, 0.05) is 38.0 Å². The number of unbranched alkanes of at least 4 members (excludes halogenated alkanes) is 2. The van der Waals surface area contributed by atoms with Crippen molar-refractivity contribution in [1.82, 2.24) is 9.80 Å². The minimum Gasteiger partial charge on any atom is -0.488 e. The van der Waals surface area contributed by atoms with Crippen LogP contribution >= 0.6 is 0 Å². The molecule has 6 nitrogen and oxygen atoms in total. The first-order chi connectivity index (χ1) is 14.5. The van der Waals surface area contributed by atoms with Gasteiger partial charge in [-0.1, -0.05) is 42.5 Å². The van der Waals surface area contributed by atoms with Gasteiger partial charge in [-0.25, -0.2) is 0 Å². The fourth-order valence-corrected chi connectivity index (χ4v) is 3.59. The van der Waals surface area contributed by atoms with E-state index in [1.165, 1.54) is 0 Å². The van der Waals surface area contributed by atoms with Crippen molar-refractivity contribution in [2.45, 2.75) is 25.7 Å². The van der Waals surface area contributed by atoms with Crippen LogP contribution in [0.15, 0.2) is 54.1 Å². The van der Waals surface area contributed by atoms with Gasteiger partial charge < -0.3 is 19.6 Å². The fraction of sp³-hybridized carbons (Fsp3) is 0.417. The Bertz CT molecular complexity index is 896. The van der Waals surface area contributed by atoms with Crippen molar-refractivity contribution in [3.8, 4) is 5.75 Å². The topological polar surface area (TPSA) is 70.1 Å². The van der Waals surface area contributed by atoms with Gasteiger partial charge in [0.2, 0.25) is 0 Å². The number of carbonyl (C=O) groups excluding carboxylic acids is 1. The SMILES string of the molecule is CN1CCN(C(=O)/C(=C/CCCCC(=O)O)COc2cccc3ccccc23)CC1. The zero-order valence-corrected chi connectivity index (χ0v) is 17.5. The molecule has 1 saturated heterocycles. The summed E-state index contributed by atoms with van der Waals surface area (Å²) in [7, 11) is 2.06. The molecule has 0 saturated carbocycles. The van der Waals surface area contributed by atoms with Crippen molar-refractivity contribution >= 4 is 22.6 Å². The van der Waals surface area contributed by atoms with Crippen molar-refractivity contribution < 1.29 is 19.4 Å². The maximum Gasteiger partial charge on any atom is 0.303 e. The highest BCUT2D eigenvalue weighted by Crippen LogP contribution is 2.25. The number of amides is 1. The number of fused-ring (bicyclic) bond motifs is 1. The maximum absolute atomic E-state index is 13.1. The number of carboxylic acid groups (broad SMARTS) is 1. The number of allylic oxidation sites excluding steroid dienone is 1. The van der Waals surface area contributed by atoms with Gasteiger partial charge in [-0.2, -0.15) is 0 Å². The fourth-order valence-electron chi connectivity index (χ4n) is 3.59. The third-order valence-corrected chi connectivity index (χ3v) is 5.43. The number of carbonyl (C=O) groups is 2. The first kappa shape index (κ1) is 21.8. The van der Waals surface area contributed by atoms with Crippen LogP contribution in [-0.4, -0.2) is 66.6 Å². The van der Waals surface area contributed by atoms with Crippen LogP contribution in [0.1, 0.15) is 25.7 Å². The Balaban J connectivity index is 1.69. The summed E-state index contributed by atoms with van der Waals surface area (Å²) in [5, 5.41) is 10.9. The standard InChI is InChI=1S/C24H30N2O4/c1-25-14-16-26(17-15-25)24(29)20(9-3-2-4-13-23(27)28)18-30-22-12-7-10-19-8-5-6-11-21(19)22/h5-12H,2-4,13-18H2,1H3,(H,27,28)/b20-9+. The van der Waals surface area contributed by atoms with E-state index in [9.17, 15) is 9.59 Å². The lowest BCUT2D eigenvalue weighted by molar-refractivity contribution is -0.137. The summed E-state index contributed by atoms with van der Waals surface area (Å²) in [4.78, 5) is 27.9. The first-order valence-corrected chi connectivity index (χ1v) is 10.5. The molecule has 0 unspecified atom stereocenters. The Morgan fingerprint density at radius 2 is 1.77 bits per heavy atom. The van der Waals surface area contributed by atoms with Crippen LogP contribution in [0.4, 0.5) is 0 Å². The molecule has 1 aliphatic heterocycles. The minimum absolute atomic E-state index is 0.0153. The Hall–Kier alpha value is -2.86. The molecule has 1 fully saturated rings. The third kappa shape index (κ3) is 6.07. The van der Waals surface area contributed by atoms with Crippen molar-refractivity contribution in [1.29, 1.82) is 0 Å². The third-order valence-electron chi connectivity index (χ3n) is 5.43. The molecule has 0 spiro atoms. The molecule has 0 atom stereocenters. The van der Waals surface area contributed by atoms with Crippen LogP contribution in [0.5, 0.6) is 5.75 Å². The van der Waals surface area contributed by atoms with E-state index in [0.717, 1.165) is 36.0 Å². The molecule has 1 amide bonds. The van der Waals surface area contributed by atoms with Gasteiger partial charge in [0.25, 0.3) is 5.91 Å². The monoisotopic (exact) mass is 410 g/mol. The van der Waals surface area contributed by atoms with Gasteiger partial charge in [-0.15, -0.1) is 0 Å². The van der Waals surface area contributed by atoms with Crippen LogP contribution in [-0.2, 0) is 9.59 Å². The van der Waals surface area contributed by atoms with Crippen LogP contribution in [0.25, 0.3) is 10.8 Å². The summed E-state index contributed by atoms with van der Waals surface area (Å²) in [6.45, 7) is 3.35. The van der Waals surface area contributed by atoms with Gasteiger partial charge >= 0.3 is 5.97 Å². The molecule has 2 aromatic carbocycles. The average molecular weight is 411 g/mol. The summed E-state index contributed by atoms with van der Waals surface area (Å²) in [6.07, 6.45) is 4.09. The number of carboxylic acids is 1. The molecule has 30 heavy (non-hydrogen) atoms. The van der Waals surface area contributed by atoms with E-state index in [2.05, 4.69) is 11.9 Å². The quantitative estimate of drug-likeness (QED) is 0.506. The summed E-state index contributed by atoms with van der Waals surface area (Å²) >= 11 is 0. The molecule has 0 bridgehead atoms.